The number of fused-ring (bicyclic) bond motifs is 1. The number of carbonyl (C=O) groups is 1. The molecule has 2 heterocycles. The zero-order chi connectivity index (χ0) is 21.1. The van der Waals surface area contributed by atoms with Crippen molar-refractivity contribution >= 4 is 22.8 Å². The summed E-state index contributed by atoms with van der Waals surface area (Å²) in [6.45, 7) is -0.376. The molecule has 1 fully saturated rings. The van der Waals surface area contributed by atoms with Gasteiger partial charge in [0.1, 0.15) is 6.54 Å². The molecule has 1 N–H and O–H groups in total. The van der Waals surface area contributed by atoms with E-state index in [0.717, 1.165) is 22.2 Å². The lowest BCUT2D eigenvalue weighted by Gasteiger charge is -2.32. The number of piperidine rings is 1. The second kappa shape index (κ2) is 8.30. The Morgan fingerprint density at radius 3 is 2.57 bits per heavy atom. The Balaban J connectivity index is 1.62. The van der Waals surface area contributed by atoms with Crippen LogP contribution in [0.1, 0.15) is 12.8 Å². The summed E-state index contributed by atoms with van der Waals surface area (Å²) in [4.78, 5) is 23.6. The van der Waals surface area contributed by atoms with Crippen LogP contribution in [0.4, 0.5) is 19.1 Å². The highest BCUT2D eigenvalue weighted by Gasteiger charge is 2.32. The quantitative estimate of drug-likeness (QED) is 0.696. The third kappa shape index (κ3) is 4.53. The van der Waals surface area contributed by atoms with Crippen molar-refractivity contribution in [2.45, 2.75) is 19.0 Å². The Morgan fingerprint density at radius 1 is 1.07 bits per heavy atom. The summed E-state index contributed by atoms with van der Waals surface area (Å²) in [6.07, 6.45) is -3.20. The average molecular weight is 414 g/mol. The molecule has 1 aliphatic heterocycles. The number of anilines is 1. The number of hydrogen-bond acceptors (Lipinski definition) is 4. The molecule has 5 nitrogen and oxygen atoms in total. The molecule has 1 aromatic heterocycles. The number of amides is 1. The molecule has 0 radical (unpaired) electrons. The van der Waals surface area contributed by atoms with Crippen LogP contribution in [0.15, 0.2) is 54.6 Å². The van der Waals surface area contributed by atoms with E-state index in [0.29, 0.717) is 25.3 Å². The summed E-state index contributed by atoms with van der Waals surface area (Å²) < 4.78 is 37.3. The number of nitrogens with one attached hydrogen (secondary N) is 1. The molecule has 1 unspecified atom stereocenters. The van der Waals surface area contributed by atoms with Gasteiger partial charge in [0.05, 0.1) is 17.1 Å². The van der Waals surface area contributed by atoms with Gasteiger partial charge in [-0.1, -0.05) is 48.5 Å². The Kier molecular flexibility index (Phi) is 5.57. The van der Waals surface area contributed by atoms with Gasteiger partial charge < -0.3 is 10.2 Å². The lowest BCUT2D eigenvalue weighted by Crippen LogP contribution is -2.45. The van der Waals surface area contributed by atoms with E-state index in [2.05, 4.69) is 4.98 Å². The first kappa shape index (κ1) is 20.1. The number of carbonyl (C=O) groups excluding carboxylic acids is 1. The number of para-hydroxylation sites is 1. The molecule has 1 saturated heterocycles. The second-order valence-electron chi connectivity index (χ2n) is 7.37. The van der Waals surface area contributed by atoms with Gasteiger partial charge in [-0.05, 0) is 18.9 Å². The van der Waals surface area contributed by atoms with Crippen LogP contribution in [-0.2, 0) is 4.79 Å². The fourth-order valence-corrected chi connectivity index (χ4v) is 3.73. The smallest absolute Gasteiger partial charge is 0.347 e. The molecule has 1 amide bonds. The van der Waals surface area contributed by atoms with Crippen molar-refractivity contribution in [1.29, 1.82) is 0 Å². The number of nitrogens with zero attached hydrogens (tertiary/aromatic N) is 3. The van der Waals surface area contributed by atoms with Crippen LogP contribution in [0.2, 0.25) is 0 Å². The molecule has 0 spiro atoms. The summed E-state index contributed by atoms with van der Waals surface area (Å²) in [7, 11) is 0. The molecular weight excluding hydrogens is 393 g/mol. The van der Waals surface area contributed by atoms with Gasteiger partial charge in [0, 0.05) is 24.0 Å². The largest absolute Gasteiger partial charge is 0.405 e. The first-order valence-electron chi connectivity index (χ1n) is 9.82. The number of aromatic nitrogens is 2. The third-order valence-electron chi connectivity index (χ3n) is 5.18. The zero-order valence-corrected chi connectivity index (χ0v) is 16.2. The SMILES string of the molecule is O=C(NCC(F)(F)F)C1CCCN(c2nc(-c3ccccc3)c3ccccc3n2)C1. The lowest BCUT2D eigenvalue weighted by atomic mass is 9.97. The standard InChI is InChI=1S/C22H21F3N4O/c23-22(24,25)14-26-20(30)16-9-6-12-29(13-16)21-27-18-11-5-4-10-17(18)19(28-21)15-7-2-1-3-8-15/h1-5,7-8,10-11,16H,6,9,12-14H2,(H,26,30). The summed E-state index contributed by atoms with van der Waals surface area (Å²) >= 11 is 0. The predicted molar refractivity (Wildman–Crippen MR) is 109 cm³/mol. The Labute approximate surface area is 171 Å². The van der Waals surface area contributed by atoms with Crippen LogP contribution in [0.25, 0.3) is 22.2 Å². The molecule has 2 aromatic carbocycles. The van der Waals surface area contributed by atoms with E-state index in [-0.39, 0.29) is 6.54 Å². The highest BCUT2D eigenvalue weighted by molar-refractivity contribution is 5.93. The lowest BCUT2D eigenvalue weighted by molar-refractivity contribution is -0.140. The van der Waals surface area contributed by atoms with E-state index in [1.165, 1.54) is 0 Å². The van der Waals surface area contributed by atoms with Gasteiger partial charge in [0.25, 0.3) is 0 Å². The van der Waals surface area contributed by atoms with Crippen LogP contribution in [0, 0.1) is 5.92 Å². The number of halogens is 3. The molecule has 8 heteroatoms. The first-order valence-corrected chi connectivity index (χ1v) is 9.82. The molecule has 0 saturated carbocycles. The van der Waals surface area contributed by atoms with Crippen LogP contribution >= 0.6 is 0 Å². The van der Waals surface area contributed by atoms with Gasteiger partial charge in [-0.2, -0.15) is 13.2 Å². The minimum atomic E-state index is -4.42. The van der Waals surface area contributed by atoms with Crippen LogP contribution < -0.4 is 10.2 Å². The number of rotatable bonds is 4. The van der Waals surface area contributed by atoms with E-state index in [9.17, 15) is 18.0 Å². The summed E-state index contributed by atoms with van der Waals surface area (Å²) in [5, 5.41) is 2.92. The van der Waals surface area contributed by atoms with E-state index in [1.54, 1.807) is 0 Å². The molecule has 0 aliphatic carbocycles. The Morgan fingerprint density at radius 2 is 1.80 bits per heavy atom. The van der Waals surface area contributed by atoms with Crippen molar-refractivity contribution in [3.05, 3.63) is 54.6 Å². The maximum absolute atomic E-state index is 12.4. The molecule has 1 aliphatic rings. The molecule has 4 rings (SSSR count). The fourth-order valence-electron chi connectivity index (χ4n) is 3.73. The Bertz CT molecular complexity index is 1040. The van der Waals surface area contributed by atoms with Crippen LogP contribution in [-0.4, -0.2) is 41.7 Å². The van der Waals surface area contributed by atoms with E-state index >= 15 is 0 Å². The van der Waals surface area contributed by atoms with Crippen LogP contribution in [0.3, 0.4) is 0 Å². The van der Waals surface area contributed by atoms with Crippen molar-refractivity contribution in [1.82, 2.24) is 15.3 Å². The van der Waals surface area contributed by atoms with Crippen molar-refractivity contribution in [3.8, 4) is 11.3 Å². The molecule has 156 valence electrons. The monoisotopic (exact) mass is 414 g/mol. The number of benzene rings is 2. The summed E-state index contributed by atoms with van der Waals surface area (Å²) in [6, 6.07) is 17.5. The van der Waals surface area contributed by atoms with Crippen molar-refractivity contribution in [2.24, 2.45) is 5.92 Å². The van der Waals surface area contributed by atoms with Gasteiger partial charge >= 0.3 is 6.18 Å². The fraction of sp³-hybridized carbons (Fsp3) is 0.318. The van der Waals surface area contributed by atoms with Gasteiger partial charge in [-0.3, -0.25) is 4.79 Å². The van der Waals surface area contributed by atoms with Crippen molar-refractivity contribution < 1.29 is 18.0 Å². The minimum absolute atomic E-state index is 0.288. The predicted octanol–water partition coefficient (Wildman–Crippen LogP) is 4.19. The molecular formula is C22H21F3N4O. The van der Waals surface area contributed by atoms with E-state index < -0.39 is 24.5 Å². The Hall–Kier alpha value is -3.16. The normalized spacial score (nSPS) is 17.2. The molecule has 0 bridgehead atoms. The third-order valence-corrected chi connectivity index (χ3v) is 5.18. The van der Waals surface area contributed by atoms with Crippen LogP contribution in [0.5, 0.6) is 0 Å². The summed E-state index contributed by atoms with van der Waals surface area (Å²) in [5.41, 5.74) is 2.53. The number of alkyl halides is 3. The average Bonchev–Trinajstić information content (AvgIpc) is 2.77. The highest BCUT2D eigenvalue weighted by atomic mass is 19.4. The van der Waals surface area contributed by atoms with Gasteiger partial charge in [-0.25, -0.2) is 9.97 Å². The van der Waals surface area contributed by atoms with Gasteiger partial charge in [-0.15, -0.1) is 0 Å². The van der Waals surface area contributed by atoms with Crippen molar-refractivity contribution in [2.75, 3.05) is 24.5 Å². The zero-order valence-electron chi connectivity index (χ0n) is 16.2. The second-order valence-corrected chi connectivity index (χ2v) is 7.37. The highest BCUT2D eigenvalue weighted by Crippen LogP contribution is 2.29. The van der Waals surface area contributed by atoms with E-state index in [4.69, 9.17) is 4.98 Å². The first-order chi connectivity index (χ1) is 14.4. The molecule has 3 aromatic rings. The van der Waals surface area contributed by atoms with E-state index in [1.807, 2.05) is 64.8 Å². The minimum Gasteiger partial charge on any atom is -0.347 e. The number of hydrogen-bond donors (Lipinski definition) is 1. The maximum Gasteiger partial charge on any atom is 0.405 e. The maximum atomic E-state index is 12.4. The van der Waals surface area contributed by atoms with Gasteiger partial charge in [0.2, 0.25) is 11.9 Å². The topological polar surface area (TPSA) is 58.1 Å². The molecule has 30 heavy (non-hydrogen) atoms. The van der Waals surface area contributed by atoms with Crippen molar-refractivity contribution in [3.63, 3.8) is 0 Å². The molecule has 1 atom stereocenters. The van der Waals surface area contributed by atoms with Gasteiger partial charge in [0.15, 0.2) is 0 Å². The summed E-state index contributed by atoms with van der Waals surface area (Å²) in [5.74, 6) is -0.627.